The maximum absolute atomic E-state index is 13.5. The highest BCUT2D eigenvalue weighted by atomic mass is 32.1. The van der Waals surface area contributed by atoms with Crippen LogP contribution in [0.1, 0.15) is 16.1 Å². The molecule has 2 aromatic rings. The number of hydrogen-bond donors (Lipinski definition) is 1. The molecule has 1 aromatic carbocycles. The topological polar surface area (TPSA) is 51.2 Å². The fourth-order valence-corrected chi connectivity index (χ4v) is 2.07. The van der Waals surface area contributed by atoms with Gasteiger partial charge in [0, 0.05) is 5.38 Å². The first kappa shape index (κ1) is 12.5. The van der Waals surface area contributed by atoms with Gasteiger partial charge in [-0.1, -0.05) is 6.07 Å². The lowest BCUT2D eigenvalue weighted by molar-refractivity contribution is 0.0595. The summed E-state index contributed by atoms with van der Waals surface area (Å²) < 4.78 is 18.1. The number of esters is 1. The van der Waals surface area contributed by atoms with Crippen molar-refractivity contribution in [2.45, 2.75) is 6.92 Å². The highest BCUT2D eigenvalue weighted by molar-refractivity contribution is 7.14. The highest BCUT2D eigenvalue weighted by Gasteiger charge is 2.11. The van der Waals surface area contributed by atoms with Crippen LogP contribution in [0.25, 0.3) is 0 Å². The Balaban J connectivity index is 2.21. The number of methoxy groups -OCH3 is 1. The Morgan fingerprint density at radius 3 is 3.00 bits per heavy atom. The molecule has 2 rings (SSSR count). The van der Waals surface area contributed by atoms with E-state index in [0.29, 0.717) is 10.8 Å². The molecule has 94 valence electrons. The lowest BCUT2D eigenvalue weighted by atomic mass is 10.2. The van der Waals surface area contributed by atoms with Crippen molar-refractivity contribution in [3.8, 4) is 0 Å². The number of carbonyl (C=O) groups is 1. The molecule has 0 saturated carbocycles. The molecular formula is C12H11FN2O2S. The Morgan fingerprint density at radius 1 is 1.50 bits per heavy atom. The summed E-state index contributed by atoms with van der Waals surface area (Å²) in [4.78, 5) is 15.2. The zero-order valence-corrected chi connectivity index (χ0v) is 10.7. The van der Waals surface area contributed by atoms with Crippen LogP contribution in [0.5, 0.6) is 0 Å². The number of carbonyl (C=O) groups excluding carboxylic acids is 1. The zero-order chi connectivity index (χ0) is 13.1. The summed E-state index contributed by atoms with van der Waals surface area (Å²) in [5.41, 5.74) is 1.47. The van der Waals surface area contributed by atoms with Crippen molar-refractivity contribution in [1.82, 2.24) is 4.98 Å². The van der Waals surface area contributed by atoms with E-state index in [4.69, 9.17) is 0 Å². The number of anilines is 2. The van der Waals surface area contributed by atoms with Gasteiger partial charge in [0.1, 0.15) is 5.82 Å². The molecule has 0 bridgehead atoms. The second kappa shape index (κ2) is 5.14. The third-order valence-corrected chi connectivity index (χ3v) is 3.02. The molecule has 0 aliphatic rings. The minimum Gasteiger partial charge on any atom is -0.464 e. The second-order valence-corrected chi connectivity index (χ2v) is 4.50. The minimum absolute atomic E-state index is 0.207. The number of thiazole rings is 1. The Hall–Kier alpha value is -1.95. The predicted molar refractivity (Wildman–Crippen MR) is 67.9 cm³/mol. The fourth-order valence-electron chi connectivity index (χ4n) is 1.38. The van der Waals surface area contributed by atoms with E-state index < -0.39 is 5.97 Å². The van der Waals surface area contributed by atoms with Crippen LogP contribution in [-0.4, -0.2) is 18.1 Å². The SMILES string of the molecule is COC(=O)c1csc(Nc2cc(C)ccc2F)n1. The van der Waals surface area contributed by atoms with E-state index in [2.05, 4.69) is 15.0 Å². The van der Waals surface area contributed by atoms with Crippen LogP contribution in [0.4, 0.5) is 15.2 Å². The second-order valence-electron chi connectivity index (χ2n) is 3.64. The first-order chi connectivity index (χ1) is 8.60. The maximum atomic E-state index is 13.5. The van der Waals surface area contributed by atoms with Crippen molar-refractivity contribution >= 4 is 28.1 Å². The van der Waals surface area contributed by atoms with E-state index in [0.717, 1.165) is 5.56 Å². The van der Waals surface area contributed by atoms with Crippen LogP contribution >= 0.6 is 11.3 Å². The maximum Gasteiger partial charge on any atom is 0.357 e. The van der Waals surface area contributed by atoms with Gasteiger partial charge in [0.05, 0.1) is 12.8 Å². The average molecular weight is 266 g/mol. The van der Waals surface area contributed by atoms with E-state index in [1.165, 1.54) is 24.5 Å². The van der Waals surface area contributed by atoms with Gasteiger partial charge in [-0.2, -0.15) is 0 Å². The van der Waals surface area contributed by atoms with Crippen molar-refractivity contribution in [1.29, 1.82) is 0 Å². The number of aryl methyl sites for hydroxylation is 1. The van der Waals surface area contributed by atoms with Gasteiger partial charge in [0.25, 0.3) is 0 Å². The molecule has 4 nitrogen and oxygen atoms in total. The van der Waals surface area contributed by atoms with E-state index in [-0.39, 0.29) is 11.5 Å². The number of nitrogens with zero attached hydrogens (tertiary/aromatic N) is 1. The van der Waals surface area contributed by atoms with Crippen LogP contribution in [0.15, 0.2) is 23.6 Å². The molecule has 0 atom stereocenters. The predicted octanol–water partition coefficient (Wildman–Crippen LogP) is 3.12. The molecule has 0 aliphatic heterocycles. The lowest BCUT2D eigenvalue weighted by Crippen LogP contribution is -2.02. The van der Waals surface area contributed by atoms with Crippen LogP contribution in [0.2, 0.25) is 0 Å². The molecule has 0 aliphatic carbocycles. The van der Waals surface area contributed by atoms with Crippen molar-refractivity contribution in [2.24, 2.45) is 0 Å². The van der Waals surface area contributed by atoms with Gasteiger partial charge >= 0.3 is 5.97 Å². The molecule has 0 amide bonds. The normalized spacial score (nSPS) is 10.2. The minimum atomic E-state index is -0.510. The van der Waals surface area contributed by atoms with Gasteiger partial charge in [0.2, 0.25) is 0 Å². The smallest absolute Gasteiger partial charge is 0.357 e. The quantitative estimate of drug-likeness (QED) is 0.867. The number of halogens is 1. The van der Waals surface area contributed by atoms with Gasteiger partial charge in [-0.05, 0) is 24.6 Å². The molecule has 1 N–H and O–H groups in total. The molecule has 6 heteroatoms. The monoisotopic (exact) mass is 266 g/mol. The molecule has 0 unspecified atom stereocenters. The summed E-state index contributed by atoms with van der Waals surface area (Å²) in [5.74, 6) is -0.876. The van der Waals surface area contributed by atoms with E-state index in [1.807, 2.05) is 6.92 Å². The Bertz CT molecular complexity index is 583. The Morgan fingerprint density at radius 2 is 2.28 bits per heavy atom. The molecular weight excluding hydrogens is 255 g/mol. The van der Waals surface area contributed by atoms with Gasteiger partial charge in [-0.15, -0.1) is 11.3 Å². The highest BCUT2D eigenvalue weighted by Crippen LogP contribution is 2.24. The number of nitrogens with one attached hydrogen (secondary N) is 1. The lowest BCUT2D eigenvalue weighted by Gasteiger charge is -2.04. The third-order valence-electron chi connectivity index (χ3n) is 2.26. The number of rotatable bonds is 3. The summed E-state index contributed by atoms with van der Waals surface area (Å²) >= 11 is 1.21. The molecule has 1 aromatic heterocycles. The summed E-state index contributed by atoms with van der Waals surface area (Å²) in [5, 5.41) is 4.84. The number of ether oxygens (including phenoxy) is 1. The van der Waals surface area contributed by atoms with E-state index in [9.17, 15) is 9.18 Å². The number of hydrogen-bond acceptors (Lipinski definition) is 5. The third kappa shape index (κ3) is 2.65. The van der Waals surface area contributed by atoms with Crippen molar-refractivity contribution in [3.63, 3.8) is 0 Å². The van der Waals surface area contributed by atoms with Crippen LogP contribution < -0.4 is 5.32 Å². The summed E-state index contributed by atoms with van der Waals surface area (Å²) in [6, 6.07) is 4.74. The van der Waals surface area contributed by atoms with E-state index in [1.54, 1.807) is 17.5 Å². The number of benzene rings is 1. The van der Waals surface area contributed by atoms with Crippen molar-refractivity contribution in [2.75, 3.05) is 12.4 Å². The van der Waals surface area contributed by atoms with Crippen LogP contribution in [0, 0.1) is 12.7 Å². The first-order valence-electron chi connectivity index (χ1n) is 5.17. The van der Waals surface area contributed by atoms with Crippen LogP contribution in [-0.2, 0) is 4.74 Å². The molecule has 0 saturated heterocycles. The number of aromatic nitrogens is 1. The van der Waals surface area contributed by atoms with Crippen molar-refractivity contribution in [3.05, 3.63) is 40.7 Å². The Labute approximate surface area is 107 Å². The standard InChI is InChI=1S/C12H11FN2O2S/c1-7-3-4-8(13)9(5-7)14-12-15-10(6-18-12)11(16)17-2/h3-6H,1-2H3,(H,14,15). The van der Waals surface area contributed by atoms with Crippen LogP contribution in [0.3, 0.4) is 0 Å². The van der Waals surface area contributed by atoms with Gasteiger partial charge in [-0.3, -0.25) is 0 Å². The Kier molecular flexibility index (Phi) is 3.57. The molecule has 0 spiro atoms. The van der Waals surface area contributed by atoms with Crippen molar-refractivity contribution < 1.29 is 13.9 Å². The molecule has 18 heavy (non-hydrogen) atoms. The van der Waals surface area contributed by atoms with Gasteiger partial charge < -0.3 is 10.1 Å². The summed E-state index contributed by atoms with van der Waals surface area (Å²) in [6.07, 6.45) is 0. The average Bonchev–Trinajstić information content (AvgIpc) is 2.81. The van der Waals surface area contributed by atoms with Gasteiger partial charge in [-0.25, -0.2) is 14.2 Å². The fraction of sp³-hybridized carbons (Fsp3) is 0.167. The zero-order valence-electron chi connectivity index (χ0n) is 9.86. The van der Waals surface area contributed by atoms with E-state index >= 15 is 0 Å². The largest absolute Gasteiger partial charge is 0.464 e. The first-order valence-corrected chi connectivity index (χ1v) is 6.05. The summed E-state index contributed by atoms with van der Waals surface area (Å²) in [7, 11) is 1.29. The summed E-state index contributed by atoms with van der Waals surface area (Å²) in [6.45, 7) is 1.87. The molecule has 1 heterocycles. The molecule has 0 radical (unpaired) electrons. The van der Waals surface area contributed by atoms with Gasteiger partial charge in [0.15, 0.2) is 10.8 Å². The molecule has 0 fully saturated rings.